The van der Waals surface area contributed by atoms with Crippen molar-refractivity contribution >= 4 is 22.8 Å². The minimum atomic E-state index is -0.338. The topological polar surface area (TPSA) is 84.3 Å². The van der Waals surface area contributed by atoms with Gasteiger partial charge in [0, 0.05) is 31.5 Å². The van der Waals surface area contributed by atoms with Gasteiger partial charge in [-0.3, -0.25) is 14.4 Å². The van der Waals surface area contributed by atoms with Gasteiger partial charge >= 0.3 is 0 Å². The van der Waals surface area contributed by atoms with E-state index in [0.29, 0.717) is 30.7 Å². The van der Waals surface area contributed by atoms with E-state index in [1.165, 1.54) is 6.20 Å². The van der Waals surface area contributed by atoms with E-state index >= 15 is 0 Å². The van der Waals surface area contributed by atoms with Crippen LogP contribution in [0.25, 0.3) is 11.0 Å². The van der Waals surface area contributed by atoms with Crippen LogP contribution in [0.1, 0.15) is 34.5 Å². The molecule has 30 heavy (non-hydrogen) atoms. The van der Waals surface area contributed by atoms with Crippen LogP contribution in [0, 0.1) is 6.92 Å². The lowest BCUT2D eigenvalue weighted by molar-refractivity contribution is -0.121. The molecule has 0 bridgehead atoms. The number of hydrogen-bond acceptors (Lipinski definition) is 4. The molecular formula is C23H24N4O3. The van der Waals surface area contributed by atoms with Crippen molar-refractivity contribution in [3.8, 4) is 0 Å². The van der Waals surface area contributed by atoms with E-state index in [1.54, 1.807) is 21.6 Å². The van der Waals surface area contributed by atoms with Gasteiger partial charge in [0.2, 0.25) is 11.3 Å². The van der Waals surface area contributed by atoms with Gasteiger partial charge in [-0.05, 0) is 37.5 Å². The molecule has 1 N–H and O–H groups in total. The second kappa shape index (κ2) is 8.49. The maximum Gasteiger partial charge on any atom is 0.259 e. The van der Waals surface area contributed by atoms with Crippen molar-refractivity contribution in [1.82, 2.24) is 19.8 Å². The standard InChI is InChI=1S/C23H24N4O3/c1-16-9-10-18-21(29)19(23(30)26-11-5-6-12-26)14-27(22(18)25-16)15-20(28)24-13-17-7-3-2-4-8-17/h2-4,7-10,14H,5-6,11-13,15H2,1H3,(H,24,28). The Hall–Kier alpha value is -3.48. The third-order valence-electron chi connectivity index (χ3n) is 5.33. The molecule has 7 nitrogen and oxygen atoms in total. The number of likely N-dealkylation sites (tertiary alicyclic amines) is 1. The lowest BCUT2D eigenvalue weighted by atomic mass is 10.1. The molecule has 3 aromatic rings. The molecule has 1 fully saturated rings. The van der Waals surface area contributed by atoms with Crippen molar-refractivity contribution < 1.29 is 9.59 Å². The molecule has 3 heterocycles. The number of nitrogens with one attached hydrogen (secondary N) is 1. The Balaban J connectivity index is 1.65. The molecular weight excluding hydrogens is 380 g/mol. The number of nitrogens with zero attached hydrogens (tertiary/aromatic N) is 3. The molecule has 0 atom stereocenters. The zero-order valence-electron chi connectivity index (χ0n) is 16.9. The number of aryl methyl sites for hydroxylation is 1. The summed E-state index contributed by atoms with van der Waals surface area (Å²) in [6, 6.07) is 13.1. The molecule has 0 radical (unpaired) electrons. The van der Waals surface area contributed by atoms with Crippen molar-refractivity contribution in [2.75, 3.05) is 13.1 Å². The fourth-order valence-corrected chi connectivity index (χ4v) is 3.73. The van der Waals surface area contributed by atoms with Gasteiger partial charge in [0.05, 0.1) is 5.39 Å². The monoisotopic (exact) mass is 404 g/mol. The average molecular weight is 404 g/mol. The molecule has 7 heteroatoms. The molecule has 2 aromatic heterocycles. The van der Waals surface area contributed by atoms with Gasteiger partial charge in [-0.2, -0.15) is 0 Å². The number of pyridine rings is 2. The number of rotatable bonds is 5. The van der Waals surface area contributed by atoms with Crippen LogP contribution in [0.15, 0.2) is 53.5 Å². The van der Waals surface area contributed by atoms with Crippen molar-refractivity contribution in [1.29, 1.82) is 0 Å². The van der Waals surface area contributed by atoms with Crippen LogP contribution < -0.4 is 10.7 Å². The summed E-state index contributed by atoms with van der Waals surface area (Å²) < 4.78 is 1.60. The fourth-order valence-electron chi connectivity index (χ4n) is 3.73. The second-order valence-corrected chi connectivity index (χ2v) is 7.59. The highest BCUT2D eigenvalue weighted by Gasteiger charge is 2.24. The van der Waals surface area contributed by atoms with E-state index in [9.17, 15) is 14.4 Å². The molecule has 2 amide bonds. The number of amides is 2. The minimum absolute atomic E-state index is 0.0274. The number of benzene rings is 1. The van der Waals surface area contributed by atoms with Gasteiger partial charge in [-0.15, -0.1) is 0 Å². The van der Waals surface area contributed by atoms with Crippen molar-refractivity contribution in [3.05, 3.63) is 75.7 Å². The number of fused-ring (bicyclic) bond motifs is 1. The zero-order chi connectivity index (χ0) is 21.1. The maximum absolute atomic E-state index is 13.0. The Bertz CT molecular complexity index is 1150. The first-order chi connectivity index (χ1) is 14.5. The Kier molecular flexibility index (Phi) is 5.61. The molecule has 0 saturated carbocycles. The van der Waals surface area contributed by atoms with Crippen molar-refractivity contribution in [2.45, 2.75) is 32.9 Å². The smallest absolute Gasteiger partial charge is 0.259 e. The largest absolute Gasteiger partial charge is 0.350 e. The summed E-state index contributed by atoms with van der Waals surface area (Å²) in [6.45, 7) is 3.51. The Morgan fingerprint density at radius 3 is 2.53 bits per heavy atom. The third-order valence-corrected chi connectivity index (χ3v) is 5.33. The molecule has 0 spiro atoms. The predicted octanol–water partition coefficient (Wildman–Crippen LogP) is 2.26. The van der Waals surface area contributed by atoms with E-state index in [2.05, 4.69) is 10.3 Å². The summed E-state index contributed by atoms with van der Waals surface area (Å²) in [5.74, 6) is -0.495. The van der Waals surface area contributed by atoms with Gasteiger partial charge < -0.3 is 14.8 Å². The normalized spacial score (nSPS) is 13.6. The lowest BCUT2D eigenvalue weighted by Crippen LogP contribution is -2.34. The van der Waals surface area contributed by atoms with E-state index < -0.39 is 0 Å². The number of aromatic nitrogens is 2. The van der Waals surface area contributed by atoms with Crippen LogP contribution in [-0.2, 0) is 17.9 Å². The minimum Gasteiger partial charge on any atom is -0.350 e. The maximum atomic E-state index is 13.0. The summed E-state index contributed by atoms with van der Waals surface area (Å²) in [7, 11) is 0. The van der Waals surface area contributed by atoms with Crippen LogP contribution in [0.2, 0.25) is 0 Å². The molecule has 4 rings (SSSR count). The Morgan fingerprint density at radius 2 is 1.80 bits per heavy atom. The van der Waals surface area contributed by atoms with E-state index in [4.69, 9.17) is 0 Å². The van der Waals surface area contributed by atoms with Crippen molar-refractivity contribution in [2.24, 2.45) is 0 Å². The molecule has 1 aromatic carbocycles. The Morgan fingerprint density at radius 1 is 1.07 bits per heavy atom. The lowest BCUT2D eigenvalue weighted by Gasteiger charge is -2.17. The Labute approximate surface area is 174 Å². The average Bonchev–Trinajstić information content (AvgIpc) is 3.29. The SMILES string of the molecule is Cc1ccc2c(=O)c(C(=O)N3CCCC3)cn(CC(=O)NCc3ccccc3)c2n1. The second-order valence-electron chi connectivity index (χ2n) is 7.59. The van der Waals surface area contributed by atoms with Crippen LogP contribution in [0.3, 0.4) is 0 Å². The predicted molar refractivity (Wildman–Crippen MR) is 114 cm³/mol. The van der Waals surface area contributed by atoms with Crippen LogP contribution in [-0.4, -0.2) is 39.4 Å². The van der Waals surface area contributed by atoms with Gasteiger partial charge in [-0.1, -0.05) is 30.3 Å². The number of carbonyl (C=O) groups excluding carboxylic acids is 2. The third kappa shape index (κ3) is 4.10. The number of hydrogen-bond donors (Lipinski definition) is 1. The molecule has 1 aliphatic heterocycles. The van der Waals surface area contributed by atoms with Gasteiger partial charge in [0.1, 0.15) is 17.8 Å². The first-order valence-corrected chi connectivity index (χ1v) is 10.1. The van der Waals surface area contributed by atoms with Gasteiger partial charge in [-0.25, -0.2) is 4.98 Å². The molecule has 154 valence electrons. The molecule has 1 aliphatic rings. The van der Waals surface area contributed by atoms with Gasteiger partial charge in [0.15, 0.2) is 0 Å². The summed E-state index contributed by atoms with van der Waals surface area (Å²) in [4.78, 5) is 44.7. The summed E-state index contributed by atoms with van der Waals surface area (Å²) in [5.41, 5.74) is 1.89. The fraction of sp³-hybridized carbons (Fsp3) is 0.304. The summed E-state index contributed by atoms with van der Waals surface area (Å²) in [5, 5.41) is 3.23. The first-order valence-electron chi connectivity index (χ1n) is 10.1. The van der Waals surface area contributed by atoms with Crippen LogP contribution >= 0.6 is 0 Å². The zero-order valence-corrected chi connectivity index (χ0v) is 16.9. The highest BCUT2D eigenvalue weighted by molar-refractivity contribution is 5.97. The molecule has 0 aliphatic carbocycles. The highest BCUT2D eigenvalue weighted by Crippen LogP contribution is 2.15. The van der Waals surface area contributed by atoms with E-state index in [0.717, 1.165) is 24.1 Å². The molecule has 1 saturated heterocycles. The molecule has 0 unspecified atom stereocenters. The number of carbonyl (C=O) groups is 2. The van der Waals surface area contributed by atoms with Crippen LogP contribution in [0.5, 0.6) is 0 Å². The first kappa shape index (κ1) is 19.8. The summed E-state index contributed by atoms with van der Waals surface area (Å²) in [6.07, 6.45) is 3.37. The van der Waals surface area contributed by atoms with Crippen LogP contribution in [0.4, 0.5) is 0 Å². The van der Waals surface area contributed by atoms with E-state index in [1.807, 2.05) is 37.3 Å². The van der Waals surface area contributed by atoms with Crippen molar-refractivity contribution in [3.63, 3.8) is 0 Å². The van der Waals surface area contributed by atoms with E-state index in [-0.39, 0.29) is 29.4 Å². The quantitative estimate of drug-likeness (QED) is 0.707. The van der Waals surface area contributed by atoms with Gasteiger partial charge in [0.25, 0.3) is 5.91 Å². The summed E-state index contributed by atoms with van der Waals surface area (Å²) >= 11 is 0. The highest BCUT2D eigenvalue weighted by atomic mass is 16.2.